The van der Waals surface area contributed by atoms with Crippen molar-refractivity contribution in [1.82, 2.24) is 14.7 Å². The molecule has 0 bridgehead atoms. The molecule has 34 heavy (non-hydrogen) atoms. The summed E-state index contributed by atoms with van der Waals surface area (Å²) in [6.45, 7) is 8.94. The van der Waals surface area contributed by atoms with Gasteiger partial charge in [-0.3, -0.25) is 14.4 Å². The Morgan fingerprint density at radius 1 is 1.21 bits per heavy atom. The fourth-order valence-corrected chi connectivity index (χ4v) is 5.10. The van der Waals surface area contributed by atoms with E-state index in [2.05, 4.69) is 24.3 Å². The van der Waals surface area contributed by atoms with E-state index in [9.17, 15) is 14.4 Å². The van der Waals surface area contributed by atoms with E-state index in [1.54, 1.807) is 17.9 Å². The highest BCUT2D eigenvalue weighted by Crippen LogP contribution is 2.37. The molecule has 0 radical (unpaired) electrons. The first kappa shape index (κ1) is 23.9. The predicted octanol–water partition coefficient (Wildman–Crippen LogP) is 2.18. The molecule has 182 valence electrons. The van der Waals surface area contributed by atoms with Gasteiger partial charge in [-0.1, -0.05) is 13.8 Å². The number of primary amides is 1. The van der Waals surface area contributed by atoms with Crippen molar-refractivity contribution in [2.45, 2.75) is 65.5 Å². The van der Waals surface area contributed by atoms with Crippen LogP contribution in [0, 0.1) is 12.3 Å². The third-order valence-corrected chi connectivity index (χ3v) is 6.79. The third kappa shape index (κ3) is 4.57. The first-order valence-electron chi connectivity index (χ1n) is 11.8. The molecular formula is C25H34N6O3. The van der Waals surface area contributed by atoms with Gasteiger partial charge in [-0.05, 0) is 56.7 Å². The molecule has 2 heterocycles. The zero-order valence-corrected chi connectivity index (χ0v) is 20.4. The van der Waals surface area contributed by atoms with E-state index in [1.165, 1.54) is 0 Å². The SMILES string of the molecule is Cc1nn(-c2ccc(C(N)=O)c(NC3CCN(C(=O)[C@H](C)N)CC3)c2)c2c1C(=O)CC(C)(C)C2. The van der Waals surface area contributed by atoms with Crippen LogP contribution in [0.4, 0.5) is 5.69 Å². The van der Waals surface area contributed by atoms with E-state index in [-0.39, 0.29) is 23.1 Å². The van der Waals surface area contributed by atoms with Crippen molar-refractivity contribution in [2.24, 2.45) is 16.9 Å². The normalized spacial score (nSPS) is 19.0. The Morgan fingerprint density at radius 3 is 2.50 bits per heavy atom. The van der Waals surface area contributed by atoms with Crippen LogP contribution in [0.2, 0.25) is 0 Å². The molecule has 0 unspecified atom stereocenters. The molecule has 1 fully saturated rings. The number of nitrogens with one attached hydrogen (secondary N) is 1. The second-order valence-corrected chi connectivity index (χ2v) is 10.4. The number of benzene rings is 1. The Hall–Kier alpha value is -3.20. The topological polar surface area (TPSA) is 136 Å². The van der Waals surface area contributed by atoms with Gasteiger partial charge >= 0.3 is 0 Å². The van der Waals surface area contributed by atoms with Gasteiger partial charge in [-0.25, -0.2) is 4.68 Å². The number of aromatic nitrogens is 2. The number of amides is 2. The quantitative estimate of drug-likeness (QED) is 0.618. The van der Waals surface area contributed by atoms with Crippen LogP contribution in [0.3, 0.4) is 0 Å². The molecule has 2 amide bonds. The number of piperidine rings is 1. The largest absolute Gasteiger partial charge is 0.381 e. The van der Waals surface area contributed by atoms with E-state index in [4.69, 9.17) is 11.5 Å². The molecule has 1 aromatic heterocycles. The number of rotatable bonds is 5. The van der Waals surface area contributed by atoms with Crippen molar-refractivity contribution in [3.05, 3.63) is 40.7 Å². The molecule has 2 aromatic rings. The summed E-state index contributed by atoms with van der Waals surface area (Å²) in [7, 11) is 0. The molecule has 0 spiro atoms. The second-order valence-electron chi connectivity index (χ2n) is 10.4. The monoisotopic (exact) mass is 466 g/mol. The van der Waals surface area contributed by atoms with E-state index in [0.717, 1.165) is 36.3 Å². The van der Waals surface area contributed by atoms with Crippen molar-refractivity contribution >= 4 is 23.3 Å². The van der Waals surface area contributed by atoms with Gasteiger partial charge in [0.15, 0.2) is 5.78 Å². The van der Waals surface area contributed by atoms with Crippen molar-refractivity contribution in [3.8, 4) is 5.69 Å². The molecule has 0 saturated carbocycles. The summed E-state index contributed by atoms with van der Waals surface area (Å²) in [6.07, 6.45) is 2.71. The van der Waals surface area contributed by atoms with Gasteiger partial charge in [0.1, 0.15) is 0 Å². The van der Waals surface area contributed by atoms with Crippen molar-refractivity contribution < 1.29 is 14.4 Å². The fraction of sp³-hybridized carbons (Fsp3) is 0.520. The summed E-state index contributed by atoms with van der Waals surface area (Å²) in [5, 5.41) is 8.15. The Balaban J connectivity index is 1.63. The third-order valence-electron chi connectivity index (χ3n) is 6.79. The highest BCUT2D eigenvalue weighted by atomic mass is 16.2. The minimum Gasteiger partial charge on any atom is -0.381 e. The average molecular weight is 467 g/mol. The Labute approximate surface area is 199 Å². The van der Waals surface area contributed by atoms with Crippen LogP contribution in [-0.4, -0.2) is 57.5 Å². The van der Waals surface area contributed by atoms with Gasteiger partial charge in [-0.15, -0.1) is 0 Å². The maximum atomic E-state index is 12.8. The molecule has 5 N–H and O–H groups in total. The lowest BCUT2D eigenvalue weighted by atomic mass is 9.75. The number of fused-ring (bicyclic) bond motifs is 1. The van der Waals surface area contributed by atoms with Crippen LogP contribution < -0.4 is 16.8 Å². The number of nitrogens with zero attached hydrogens (tertiary/aromatic N) is 3. The molecule has 1 aliphatic heterocycles. The number of anilines is 1. The zero-order valence-electron chi connectivity index (χ0n) is 20.4. The minimum absolute atomic E-state index is 0.0467. The van der Waals surface area contributed by atoms with E-state index in [1.807, 2.05) is 23.7 Å². The van der Waals surface area contributed by atoms with E-state index < -0.39 is 11.9 Å². The maximum absolute atomic E-state index is 12.8. The number of hydrogen-bond acceptors (Lipinski definition) is 6. The number of likely N-dealkylation sites (tertiary alicyclic amines) is 1. The molecule has 9 nitrogen and oxygen atoms in total. The lowest BCUT2D eigenvalue weighted by Crippen LogP contribution is -2.48. The lowest BCUT2D eigenvalue weighted by Gasteiger charge is -2.34. The van der Waals surface area contributed by atoms with E-state index >= 15 is 0 Å². The number of Topliss-reactive ketones (excluding diaryl/α,β-unsaturated/α-hetero) is 1. The average Bonchev–Trinajstić information content (AvgIpc) is 3.08. The zero-order chi connectivity index (χ0) is 24.8. The van der Waals surface area contributed by atoms with Crippen molar-refractivity contribution in [3.63, 3.8) is 0 Å². The summed E-state index contributed by atoms with van der Waals surface area (Å²) in [5.41, 5.74) is 15.4. The first-order chi connectivity index (χ1) is 16.0. The van der Waals surface area contributed by atoms with Gasteiger partial charge in [0.25, 0.3) is 5.91 Å². The number of carbonyl (C=O) groups is 3. The number of hydrogen-bond donors (Lipinski definition) is 3. The van der Waals surface area contributed by atoms with Crippen molar-refractivity contribution in [1.29, 1.82) is 0 Å². The summed E-state index contributed by atoms with van der Waals surface area (Å²) in [4.78, 5) is 38.9. The lowest BCUT2D eigenvalue weighted by molar-refractivity contribution is -0.133. The highest BCUT2D eigenvalue weighted by molar-refractivity contribution is 6.00. The Bertz CT molecular complexity index is 1140. The smallest absolute Gasteiger partial charge is 0.250 e. The molecule has 1 aromatic carbocycles. The fourth-order valence-electron chi connectivity index (χ4n) is 5.10. The van der Waals surface area contributed by atoms with Crippen LogP contribution in [0.15, 0.2) is 18.2 Å². The predicted molar refractivity (Wildman–Crippen MR) is 130 cm³/mol. The minimum atomic E-state index is -0.520. The molecule has 1 aliphatic carbocycles. The summed E-state index contributed by atoms with van der Waals surface area (Å²) < 4.78 is 1.82. The number of nitrogens with two attached hydrogens (primary N) is 2. The summed E-state index contributed by atoms with van der Waals surface area (Å²) in [5.74, 6) is -0.446. The number of ketones is 1. The van der Waals surface area contributed by atoms with Gasteiger partial charge in [-0.2, -0.15) is 5.10 Å². The van der Waals surface area contributed by atoms with Gasteiger partial charge in [0.2, 0.25) is 5.91 Å². The standard InChI is InChI=1S/C25H34N6O3/c1-14(26)24(34)30-9-7-16(8-10-30)28-19-11-17(5-6-18(19)23(27)33)31-20-12-25(3,4)13-21(32)22(20)15(2)29-31/h5-6,11,14,16,28H,7-10,12-13,26H2,1-4H3,(H2,27,33)/t14-/m0/s1. The van der Waals surface area contributed by atoms with Gasteiger partial charge in [0, 0.05) is 31.2 Å². The van der Waals surface area contributed by atoms with Crippen LogP contribution in [0.1, 0.15) is 72.1 Å². The highest BCUT2D eigenvalue weighted by Gasteiger charge is 2.36. The molecule has 1 atom stereocenters. The van der Waals surface area contributed by atoms with Gasteiger partial charge in [0.05, 0.1) is 34.2 Å². The maximum Gasteiger partial charge on any atom is 0.250 e. The Kier molecular flexibility index (Phi) is 6.24. The molecule has 2 aliphatic rings. The van der Waals surface area contributed by atoms with Crippen molar-refractivity contribution in [2.75, 3.05) is 18.4 Å². The van der Waals surface area contributed by atoms with Gasteiger partial charge < -0.3 is 21.7 Å². The molecule has 1 saturated heterocycles. The van der Waals surface area contributed by atoms with Crippen LogP contribution >= 0.6 is 0 Å². The first-order valence-corrected chi connectivity index (χ1v) is 11.8. The van der Waals surface area contributed by atoms with Crippen LogP contribution in [0.25, 0.3) is 5.69 Å². The second kappa shape index (κ2) is 8.87. The van der Waals surface area contributed by atoms with Crippen LogP contribution in [-0.2, 0) is 11.2 Å². The van der Waals surface area contributed by atoms with Crippen LogP contribution in [0.5, 0.6) is 0 Å². The molecular weight excluding hydrogens is 432 g/mol. The van der Waals surface area contributed by atoms with E-state index in [0.29, 0.717) is 36.3 Å². The molecule has 4 rings (SSSR count). The number of aryl methyl sites for hydroxylation is 1. The number of carbonyl (C=O) groups excluding carboxylic acids is 3. The Morgan fingerprint density at radius 2 is 1.88 bits per heavy atom. The summed E-state index contributed by atoms with van der Waals surface area (Å²) in [6, 6.07) is 4.96. The summed E-state index contributed by atoms with van der Waals surface area (Å²) >= 11 is 0. The molecule has 9 heteroatoms.